The van der Waals surface area contributed by atoms with Crippen LogP contribution >= 0.6 is 0 Å². The molecule has 28 heavy (non-hydrogen) atoms. The number of fused-ring (bicyclic) bond motifs is 1. The van der Waals surface area contributed by atoms with Gasteiger partial charge in [-0.2, -0.15) is 10.2 Å². The Morgan fingerprint density at radius 3 is 2.64 bits per heavy atom. The number of benzene rings is 1. The first-order valence-corrected chi connectivity index (χ1v) is 9.32. The molecule has 4 rings (SSSR count). The third kappa shape index (κ3) is 3.29. The molecule has 0 aliphatic rings. The van der Waals surface area contributed by atoms with Crippen LogP contribution in [-0.4, -0.2) is 32.0 Å². The lowest BCUT2D eigenvalue weighted by molar-refractivity contribution is 0.0518. The predicted molar refractivity (Wildman–Crippen MR) is 107 cm³/mol. The summed E-state index contributed by atoms with van der Waals surface area (Å²) in [5, 5.41) is 9.24. The number of pyridine rings is 1. The molecule has 3 aromatic heterocycles. The number of rotatable bonds is 5. The number of esters is 1. The fourth-order valence-corrected chi connectivity index (χ4v) is 3.31. The summed E-state index contributed by atoms with van der Waals surface area (Å²) < 4.78 is 8.79. The molecule has 0 amide bonds. The Bertz CT molecular complexity index is 1160. The highest BCUT2D eigenvalue weighted by Gasteiger charge is 2.15. The van der Waals surface area contributed by atoms with E-state index < -0.39 is 5.97 Å². The molecule has 0 spiro atoms. The molecule has 3 heterocycles. The number of ether oxygens (including phenoxy) is 1. The summed E-state index contributed by atoms with van der Waals surface area (Å²) in [6, 6.07) is 18.1. The zero-order valence-corrected chi connectivity index (χ0v) is 16.2. The zero-order chi connectivity index (χ0) is 19.7. The number of hydrogen-bond donors (Lipinski definition) is 0. The highest BCUT2D eigenvalue weighted by molar-refractivity contribution is 5.87. The quantitative estimate of drug-likeness (QED) is 0.495. The van der Waals surface area contributed by atoms with E-state index in [1.807, 2.05) is 41.8 Å². The molecule has 0 saturated carbocycles. The molecule has 0 saturated heterocycles. The van der Waals surface area contributed by atoms with Gasteiger partial charge in [-0.3, -0.25) is 4.68 Å². The first-order chi connectivity index (χ1) is 13.6. The molecule has 0 aliphatic carbocycles. The van der Waals surface area contributed by atoms with Crippen molar-refractivity contribution in [1.29, 1.82) is 0 Å². The average Bonchev–Trinajstić information content (AvgIpc) is 3.27. The van der Waals surface area contributed by atoms with Crippen molar-refractivity contribution < 1.29 is 9.53 Å². The number of aryl methyl sites for hydroxylation is 2. The maximum atomic E-state index is 12.0. The van der Waals surface area contributed by atoms with Crippen LogP contribution < -0.4 is 0 Å². The molecule has 6 nitrogen and oxygen atoms in total. The lowest BCUT2D eigenvalue weighted by atomic mass is 10.1. The van der Waals surface area contributed by atoms with Gasteiger partial charge >= 0.3 is 5.97 Å². The van der Waals surface area contributed by atoms with Gasteiger partial charge in [-0.15, -0.1) is 0 Å². The van der Waals surface area contributed by atoms with Crippen LogP contribution in [0.5, 0.6) is 0 Å². The number of aromatic nitrogens is 4. The lowest BCUT2D eigenvalue weighted by Gasteiger charge is -2.07. The molecule has 0 N–H and O–H groups in total. The Kier molecular flexibility index (Phi) is 4.69. The summed E-state index contributed by atoms with van der Waals surface area (Å²) in [7, 11) is 0. The molecule has 0 unspecified atom stereocenters. The van der Waals surface area contributed by atoms with Crippen molar-refractivity contribution in [1.82, 2.24) is 19.4 Å². The summed E-state index contributed by atoms with van der Waals surface area (Å²) in [6.07, 6.45) is 0. The van der Waals surface area contributed by atoms with Gasteiger partial charge in [-0.1, -0.05) is 30.3 Å². The van der Waals surface area contributed by atoms with Crippen molar-refractivity contribution in [2.45, 2.75) is 27.3 Å². The highest BCUT2D eigenvalue weighted by Crippen LogP contribution is 2.24. The molecular weight excluding hydrogens is 352 g/mol. The van der Waals surface area contributed by atoms with E-state index in [-0.39, 0.29) is 0 Å². The normalized spacial score (nSPS) is 11.1. The summed E-state index contributed by atoms with van der Waals surface area (Å²) in [6.45, 7) is 6.64. The number of hydrogen-bond acceptors (Lipinski definition) is 4. The van der Waals surface area contributed by atoms with Crippen LogP contribution in [0.25, 0.3) is 16.8 Å². The third-order valence-corrected chi connectivity index (χ3v) is 4.76. The standard InChI is InChI=1S/C22H22N4O2/c1-4-28-22(27)21-12-16(3)25(23-21)14-18-10-7-9-17-13-20(24-26(17)18)19-11-6-5-8-15(19)2/h5-13H,4,14H2,1-3H3. The van der Waals surface area contributed by atoms with Crippen LogP contribution in [0, 0.1) is 13.8 Å². The monoisotopic (exact) mass is 374 g/mol. The van der Waals surface area contributed by atoms with E-state index in [0.717, 1.165) is 28.2 Å². The van der Waals surface area contributed by atoms with Gasteiger partial charge in [0.25, 0.3) is 0 Å². The van der Waals surface area contributed by atoms with Gasteiger partial charge in [0.2, 0.25) is 0 Å². The summed E-state index contributed by atoms with van der Waals surface area (Å²) in [5.41, 5.74) is 6.48. The summed E-state index contributed by atoms with van der Waals surface area (Å²) in [4.78, 5) is 12.0. The van der Waals surface area contributed by atoms with Crippen LogP contribution in [-0.2, 0) is 11.3 Å². The van der Waals surface area contributed by atoms with Crippen molar-refractivity contribution in [3.8, 4) is 11.3 Å². The van der Waals surface area contributed by atoms with Crippen LogP contribution in [0.4, 0.5) is 0 Å². The number of carbonyl (C=O) groups excluding carboxylic acids is 1. The van der Waals surface area contributed by atoms with E-state index in [1.165, 1.54) is 5.56 Å². The minimum absolute atomic E-state index is 0.326. The Hall–Kier alpha value is -3.41. The van der Waals surface area contributed by atoms with Crippen LogP contribution in [0.1, 0.15) is 34.4 Å². The van der Waals surface area contributed by atoms with Gasteiger partial charge in [0.1, 0.15) is 0 Å². The molecule has 142 valence electrons. The van der Waals surface area contributed by atoms with Crippen LogP contribution in [0.2, 0.25) is 0 Å². The largest absolute Gasteiger partial charge is 0.461 e. The van der Waals surface area contributed by atoms with Crippen molar-refractivity contribution >= 4 is 11.5 Å². The second-order valence-electron chi connectivity index (χ2n) is 6.75. The minimum Gasteiger partial charge on any atom is -0.461 e. The molecule has 0 bridgehead atoms. The number of nitrogens with zero attached hydrogens (tertiary/aromatic N) is 4. The molecule has 0 radical (unpaired) electrons. The van der Waals surface area contributed by atoms with Gasteiger partial charge in [0.15, 0.2) is 5.69 Å². The third-order valence-electron chi connectivity index (χ3n) is 4.76. The average molecular weight is 374 g/mol. The molecule has 0 fully saturated rings. The first-order valence-electron chi connectivity index (χ1n) is 9.32. The molecular formula is C22H22N4O2. The van der Waals surface area contributed by atoms with E-state index in [1.54, 1.807) is 17.7 Å². The lowest BCUT2D eigenvalue weighted by Crippen LogP contribution is -2.10. The van der Waals surface area contributed by atoms with Crippen molar-refractivity contribution in [3.05, 3.63) is 77.2 Å². The van der Waals surface area contributed by atoms with E-state index in [2.05, 4.69) is 30.2 Å². The van der Waals surface area contributed by atoms with Gasteiger partial charge in [0, 0.05) is 11.3 Å². The molecule has 0 aliphatic heterocycles. The summed E-state index contributed by atoms with van der Waals surface area (Å²) >= 11 is 0. The Morgan fingerprint density at radius 1 is 1.04 bits per heavy atom. The Morgan fingerprint density at radius 2 is 1.86 bits per heavy atom. The molecule has 4 aromatic rings. The zero-order valence-electron chi connectivity index (χ0n) is 16.2. The molecule has 0 atom stereocenters. The molecule has 6 heteroatoms. The topological polar surface area (TPSA) is 61.4 Å². The maximum Gasteiger partial charge on any atom is 0.358 e. The SMILES string of the molecule is CCOC(=O)c1cc(C)n(Cc2cccc3cc(-c4ccccc4C)nn23)n1. The van der Waals surface area contributed by atoms with E-state index in [0.29, 0.717) is 18.8 Å². The van der Waals surface area contributed by atoms with Crippen molar-refractivity contribution in [2.75, 3.05) is 6.61 Å². The van der Waals surface area contributed by atoms with Gasteiger partial charge in [0.05, 0.1) is 30.1 Å². The highest BCUT2D eigenvalue weighted by atomic mass is 16.5. The van der Waals surface area contributed by atoms with E-state index >= 15 is 0 Å². The maximum absolute atomic E-state index is 12.0. The van der Waals surface area contributed by atoms with Gasteiger partial charge < -0.3 is 4.74 Å². The second kappa shape index (κ2) is 7.31. The fraction of sp³-hybridized carbons (Fsp3) is 0.227. The van der Waals surface area contributed by atoms with Crippen molar-refractivity contribution in [2.24, 2.45) is 0 Å². The van der Waals surface area contributed by atoms with Crippen molar-refractivity contribution in [3.63, 3.8) is 0 Å². The Labute approximate surface area is 163 Å². The first kappa shape index (κ1) is 18.0. The van der Waals surface area contributed by atoms with Gasteiger partial charge in [-0.05, 0) is 50.6 Å². The Balaban J connectivity index is 1.70. The second-order valence-corrected chi connectivity index (χ2v) is 6.75. The minimum atomic E-state index is -0.400. The van der Waals surface area contributed by atoms with E-state index in [9.17, 15) is 4.79 Å². The fourth-order valence-electron chi connectivity index (χ4n) is 3.31. The number of carbonyl (C=O) groups is 1. The predicted octanol–water partition coefficient (Wildman–Crippen LogP) is 4.04. The summed E-state index contributed by atoms with van der Waals surface area (Å²) in [5.74, 6) is -0.400. The molecule has 1 aromatic carbocycles. The van der Waals surface area contributed by atoms with Crippen LogP contribution in [0.3, 0.4) is 0 Å². The van der Waals surface area contributed by atoms with E-state index in [4.69, 9.17) is 9.84 Å². The smallest absolute Gasteiger partial charge is 0.358 e. The van der Waals surface area contributed by atoms with Gasteiger partial charge in [-0.25, -0.2) is 9.31 Å². The van der Waals surface area contributed by atoms with Crippen LogP contribution in [0.15, 0.2) is 54.6 Å².